The van der Waals surface area contributed by atoms with Gasteiger partial charge in [-0.1, -0.05) is 66.4 Å². The van der Waals surface area contributed by atoms with Crippen LogP contribution in [-0.4, -0.2) is 50.4 Å². The zero-order chi connectivity index (χ0) is 31.2. The summed E-state index contributed by atoms with van der Waals surface area (Å²) in [6.07, 6.45) is 4.08. The number of halogens is 1. The number of aromatic nitrogens is 1. The van der Waals surface area contributed by atoms with Crippen molar-refractivity contribution in [3.63, 3.8) is 0 Å². The molecule has 0 saturated carbocycles. The minimum absolute atomic E-state index is 0.137. The van der Waals surface area contributed by atoms with Crippen molar-refractivity contribution in [3.05, 3.63) is 126 Å². The van der Waals surface area contributed by atoms with Crippen LogP contribution < -0.4 is 5.32 Å². The second-order valence-corrected chi connectivity index (χ2v) is 11.7. The summed E-state index contributed by atoms with van der Waals surface area (Å²) in [7, 11) is 0. The van der Waals surface area contributed by atoms with E-state index in [1.807, 2.05) is 36.4 Å². The van der Waals surface area contributed by atoms with Gasteiger partial charge < -0.3 is 10.1 Å². The Bertz CT molecular complexity index is 1700. The maximum absolute atomic E-state index is 13.9. The number of amidine groups is 1. The number of carbonyl (C=O) groups is 3. The van der Waals surface area contributed by atoms with E-state index >= 15 is 0 Å². The summed E-state index contributed by atoms with van der Waals surface area (Å²) in [4.78, 5) is 51.4. The van der Waals surface area contributed by atoms with E-state index in [1.165, 1.54) is 28.8 Å². The van der Waals surface area contributed by atoms with E-state index in [9.17, 15) is 18.8 Å². The Balaban J connectivity index is 1.13. The van der Waals surface area contributed by atoms with Gasteiger partial charge in [0, 0.05) is 24.6 Å². The van der Waals surface area contributed by atoms with Gasteiger partial charge >= 0.3 is 6.09 Å². The van der Waals surface area contributed by atoms with Gasteiger partial charge in [-0.2, -0.15) is 0 Å². The molecule has 2 saturated heterocycles. The van der Waals surface area contributed by atoms with Gasteiger partial charge in [0.2, 0.25) is 11.8 Å². The topological polar surface area (TPSA) is 104 Å². The predicted molar refractivity (Wildman–Crippen MR) is 170 cm³/mol. The smallest absolute Gasteiger partial charge is 0.410 e. The van der Waals surface area contributed by atoms with Crippen molar-refractivity contribution >= 4 is 46.2 Å². The van der Waals surface area contributed by atoms with Crippen LogP contribution in [0.5, 0.6) is 0 Å². The average Bonchev–Trinajstić information content (AvgIpc) is 3.67. The maximum atomic E-state index is 13.9. The molecule has 3 heterocycles. The number of likely N-dealkylation sites (tertiary alicyclic amines) is 1. The fraction of sp³-hybridized carbons (Fsp3) is 0.206. The Kier molecular flexibility index (Phi) is 9.16. The third-order valence-electron chi connectivity index (χ3n) is 7.52. The molecule has 1 aromatic heterocycles. The van der Waals surface area contributed by atoms with Gasteiger partial charge in [0.25, 0.3) is 0 Å². The first-order valence-corrected chi connectivity index (χ1v) is 15.4. The van der Waals surface area contributed by atoms with Crippen molar-refractivity contribution < 1.29 is 23.5 Å². The highest BCUT2D eigenvalue weighted by molar-refractivity contribution is 8.15. The summed E-state index contributed by atoms with van der Waals surface area (Å²) >= 11 is 1.28. The molecule has 2 aliphatic rings. The van der Waals surface area contributed by atoms with Crippen LogP contribution in [-0.2, 0) is 27.5 Å². The fourth-order valence-electron chi connectivity index (χ4n) is 5.26. The highest BCUT2D eigenvalue weighted by Crippen LogP contribution is 2.41. The van der Waals surface area contributed by atoms with Gasteiger partial charge in [0.15, 0.2) is 5.17 Å². The van der Waals surface area contributed by atoms with E-state index in [4.69, 9.17) is 4.74 Å². The minimum atomic E-state index is -0.637. The molecule has 228 valence electrons. The molecule has 9 nitrogen and oxygen atoms in total. The number of carbonyl (C=O) groups excluding carboxylic acids is 3. The molecule has 0 aliphatic carbocycles. The van der Waals surface area contributed by atoms with Crippen LogP contribution in [0.25, 0.3) is 0 Å². The number of aliphatic imine (C=N–C) groups is 1. The van der Waals surface area contributed by atoms with Crippen LogP contribution in [0.4, 0.5) is 20.6 Å². The third kappa shape index (κ3) is 7.21. The minimum Gasteiger partial charge on any atom is -0.445 e. The van der Waals surface area contributed by atoms with Gasteiger partial charge in [-0.05, 0) is 65.9 Å². The second-order valence-electron chi connectivity index (χ2n) is 10.7. The Morgan fingerprint density at radius 2 is 1.80 bits per heavy atom. The summed E-state index contributed by atoms with van der Waals surface area (Å²) in [5, 5.41) is 2.78. The first kappa shape index (κ1) is 30.0. The Hall–Kier alpha value is -5.03. The van der Waals surface area contributed by atoms with E-state index < -0.39 is 23.2 Å². The number of rotatable bonds is 8. The van der Waals surface area contributed by atoms with Crippen LogP contribution >= 0.6 is 11.8 Å². The Labute approximate surface area is 264 Å². The first-order chi connectivity index (χ1) is 21.9. The number of thioether (sulfide) groups is 1. The summed E-state index contributed by atoms with van der Waals surface area (Å²) in [6, 6.07) is 25.4. The molecule has 4 aromatic rings. The summed E-state index contributed by atoms with van der Waals surface area (Å²) < 4.78 is 19.3. The lowest BCUT2D eigenvalue weighted by atomic mass is 10.1. The van der Waals surface area contributed by atoms with Crippen LogP contribution in [0.3, 0.4) is 0 Å². The number of nitrogens with one attached hydrogen (secondary N) is 1. The van der Waals surface area contributed by atoms with Crippen molar-refractivity contribution in [1.82, 2.24) is 14.8 Å². The molecule has 0 radical (unpaired) electrons. The molecule has 2 fully saturated rings. The second kappa shape index (κ2) is 13.7. The quantitative estimate of drug-likeness (QED) is 0.242. The molecular weight excluding hydrogens is 593 g/mol. The van der Waals surface area contributed by atoms with E-state index in [-0.39, 0.29) is 25.0 Å². The van der Waals surface area contributed by atoms with Gasteiger partial charge in [0.1, 0.15) is 23.7 Å². The Morgan fingerprint density at radius 1 is 1.00 bits per heavy atom. The number of ether oxygens (including phenoxy) is 1. The number of nitrogens with zero attached hydrogens (tertiary/aromatic N) is 4. The van der Waals surface area contributed by atoms with E-state index in [0.717, 1.165) is 16.7 Å². The predicted octanol–water partition coefficient (Wildman–Crippen LogP) is 6.46. The molecule has 45 heavy (non-hydrogen) atoms. The highest BCUT2D eigenvalue weighted by atomic mass is 32.2. The number of hydrogen-bond donors (Lipinski definition) is 1. The van der Waals surface area contributed by atoms with Gasteiger partial charge in [0.05, 0.1) is 12.2 Å². The number of pyridine rings is 1. The lowest BCUT2D eigenvalue weighted by molar-refractivity contribution is -0.126. The van der Waals surface area contributed by atoms with Crippen molar-refractivity contribution in [3.8, 4) is 0 Å². The van der Waals surface area contributed by atoms with E-state index in [0.29, 0.717) is 35.9 Å². The third-order valence-corrected chi connectivity index (χ3v) is 8.75. The number of anilines is 1. The monoisotopic (exact) mass is 623 g/mol. The molecule has 6 rings (SSSR count). The SMILES string of the molecule is O=C(Nc1ccc(C2SC(=Nc3cccc(F)c3)N(Cc3cccnc3)C2=O)cc1)[C@H]1CCCN1C(=O)OCc1ccccc1. The largest absolute Gasteiger partial charge is 0.445 e. The summed E-state index contributed by atoms with van der Waals surface area (Å²) in [6.45, 7) is 0.850. The molecule has 0 spiro atoms. The standard InChI is InChI=1S/C34H30FN5O4S/c35-26-10-4-11-28(19-26)38-33-40(21-24-9-5-17-36-20-24)32(42)30(45-33)25-13-15-27(16-14-25)37-31(41)29-12-6-18-39(29)34(43)44-22-23-7-2-1-3-8-23/h1-5,7-11,13-17,19-20,29-30H,6,12,18,21-22H2,(H,37,41)/t29-,30?/m1/s1. The van der Waals surface area contributed by atoms with E-state index in [1.54, 1.807) is 59.8 Å². The van der Waals surface area contributed by atoms with E-state index in [2.05, 4.69) is 15.3 Å². The zero-order valence-electron chi connectivity index (χ0n) is 24.2. The number of amides is 3. The number of benzene rings is 3. The molecule has 3 aromatic carbocycles. The summed E-state index contributed by atoms with van der Waals surface area (Å²) in [5.41, 5.74) is 3.39. The van der Waals surface area contributed by atoms with Crippen LogP contribution in [0.15, 0.2) is 108 Å². The van der Waals surface area contributed by atoms with Crippen molar-refractivity contribution in [2.45, 2.75) is 37.3 Å². The molecule has 1 unspecified atom stereocenters. The first-order valence-electron chi connectivity index (χ1n) is 14.5. The van der Waals surface area contributed by atoms with Gasteiger partial charge in [-0.25, -0.2) is 14.2 Å². The average molecular weight is 624 g/mol. The molecule has 1 N–H and O–H groups in total. The maximum Gasteiger partial charge on any atom is 0.410 e. The molecule has 3 amide bonds. The van der Waals surface area contributed by atoms with Crippen molar-refractivity contribution in [1.29, 1.82) is 0 Å². The zero-order valence-corrected chi connectivity index (χ0v) is 25.0. The summed E-state index contributed by atoms with van der Waals surface area (Å²) in [5.74, 6) is -0.870. The fourth-order valence-corrected chi connectivity index (χ4v) is 6.43. The van der Waals surface area contributed by atoms with Crippen LogP contribution in [0, 0.1) is 5.82 Å². The Morgan fingerprint density at radius 3 is 2.56 bits per heavy atom. The van der Waals surface area contributed by atoms with Gasteiger partial charge in [-0.15, -0.1) is 0 Å². The molecule has 0 bridgehead atoms. The normalized spacial score (nSPS) is 18.8. The van der Waals surface area contributed by atoms with Crippen LogP contribution in [0.1, 0.15) is 34.8 Å². The molecular formula is C34H30FN5O4S. The van der Waals surface area contributed by atoms with Crippen molar-refractivity contribution in [2.24, 2.45) is 4.99 Å². The molecule has 11 heteroatoms. The molecule has 2 aliphatic heterocycles. The lowest BCUT2D eigenvalue weighted by Crippen LogP contribution is -2.43. The molecule has 2 atom stereocenters. The number of hydrogen-bond acceptors (Lipinski definition) is 7. The lowest BCUT2D eigenvalue weighted by Gasteiger charge is -2.23. The van der Waals surface area contributed by atoms with Crippen LogP contribution in [0.2, 0.25) is 0 Å². The highest BCUT2D eigenvalue weighted by Gasteiger charge is 2.39. The van der Waals surface area contributed by atoms with Gasteiger partial charge in [-0.3, -0.25) is 24.4 Å². The van der Waals surface area contributed by atoms with Crippen molar-refractivity contribution in [2.75, 3.05) is 11.9 Å².